The minimum Gasteiger partial charge on any atom is -0.508 e. The lowest BCUT2D eigenvalue weighted by molar-refractivity contribution is -0.138. The molecule has 2 rings (SSSR count). The quantitative estimate of drug-likeness (QED) is 0.267. The van der Waals surface area contributed by atoms with Crippen molar-refractivity contribution < 1.29 is 29.3 Å². The fourth-order valence-corrected chi connectivity index (χ4v) is 2.43. The highest BCUT2D eigenvalue weighted by molar-refractivity contribution is 5.95. The van der Waals surface area contributed by atoms with E-state index in [0.717, 1.165) is 18.4 Å². The lowest BCUT2D eigenvalue weighted by atomic mass is 10.0. The molecule has 0 aromatic heterocycles. The third kappa shape index (κ3) is 5.71. The molecule has 9 heteroatoms. The first-order valence-corrected chi connectivity index (χ1v) is 8.36. The van der Waals surface area contributed by atoms with Crippen LogP contribution in [0.15, 0.2) is 24.3 Å². The Morgan fingerprint density at radius 1 is 1.15 bits per heavy atom. The molecule has 0 spiro atoms. The third-order valence-corrected chi connectivity index (χ3v) is 3.93. The molecule has 26 heavy (non-hydrogen) atoms. The van der Waals surface area contributed by atoms with E-state index in [4.69, 9.17) is 15.6 Å². The van der Waals surface area contributed by atoms with Crippen LogP contribution in [-0.2, 0) is 25.5 Å². The van der Waals surface area contributed by atoms with Crippen LogP contribution in [0.25, 0.3) is 0 Å². The minimum atomic E-state index is -1.22. The third-order valence-electron chi connectivity index (χ3n) is 3.93. The Bertz CT molecular complexity index is 648. The molecule has 6 N–H and O–H groups in total. The molecule has 142 valence electrons. The van der Waals surface area contributed by atoms with Crippen LogP contribution < -0.4 is 16.4 Å². The summed E-state index contributed by atoms with van der Waals surface area (Å²) in [6.45, 7) is 0.953. The number of phenols is 1. The van der Waals surface area contributed by atoms with Crippen LogP contribution in [0.5, 0.6) is 5.75 Å². The molecule has 2 amide bonds. The van der Waals surface area contributed by atoms with Gasteiger partial charge in [0.05, 0.1) is 0 Å². The molecule has 1 fully saturated rings. The summed E-state index contributed by atoms with van der Waals surface area (Å²) < 4.78 is 4.81. The first-order chi connectivity index (χ1) is 12.4. The van der Waals surface area contributed by atoms with E-state index < -0.39 is 30.1 Å². The fraction of sp³-hybridized carbons (Fsp3) is 0.471. The number of phenolic OH excluding ortho intramolecular Hbond substituents is 1. The average molecular weight is 365 g/mol. The van der Waals surface area contributed by atoms with Gasteiger partial charge in [0.1, 0.15) is 11.8 Å². The zero-order valence-electron chi connectivity index (χ0n) is 14.2. The van der Waals surface area contributed by atoms with Gasteiger partial charge in [-0.3, -0.25) is 9.59 Å². The van der Waals surface area contributed by atoms with Gasteiger partial charge in [-0.15, -0.1) is 0 Å². The highest BCUT2D eigenvalue weighted by Gasteiger charge is 2.51. The number of carboxylic acids is 1. The maximum absolute atomic E-state index is 12.4. The van der Waals surface area contributed by atoms with Crippen LogP contribution >= 0.6 is 0 Å². The molecule has 0 saturated carbocycles. The van der Waals surface area contributed by atoms with E-state index in [1.807, 2.05) is 0 Å². The van der Waals surface area contributed by atoms with E-state index in [-0.39, 0.29) is 18.1 Å². The normalized spacial score (nSPS) is 19.4. The highest BCUT2D eigenvalue weighted by Crippen LogP contribution is 2.22. The molecule has 1 heterocycles. The van der Waals surface area contributed by atoms with E-state index in [9.17, 15) is 19.5 Å². The van der Waals surface area contributed by atoms with Crippen molar-refractivity contribution in [1.82, 2.24) is 10.6 Å². The Kier molecular flexibility index (Phi) is 6.93. The molecule has 9 nitrogen and oxygen atoms in total. The van der Waals surface area contributed by atoms with Crippen LogP contribution in [-0.4, -0.2) is 59.3 Å². The monoisotopic (exact) mass is 365 g/mol. The summed E-state index contributed by atoms with van der Waals surface area (Å²) in [6.07, 6.45) is -0.573. The zero-order chi connectivity index (χ0) is 19.1. The van der Waals surface area contributed by atoms with E-state index in [2.05, 4.69) is 10.6 Å². The molecular weight excluding hydrogens is 342 g/mol. The number of benzene rings is 1. The number of carbonyl (C=O) groups excluding carboxylic acids is 2. The van der Waals surface area contributed by atoms with Crippen molar-refractivity contribution in [1.29, 1.82) is 0 Å². The molecule has 0 bridgehead atoms. The topological polar surface area (TPSA) is 154 Å². The molecule has 3 atom stereocenters. The van der Waals surface area contributed by atoms with Gasteiger partial charge < -0.3 is 31.3 Å². The Hall–Kier alpha value is -2.65. The smallest absolute Gasteiger partial charge is 0.336 e. The first kappa shape index (κ1) is 19.7. The molecule has 1 aliphatic heterocycles. The molecule has 1 aromatic carbocycles. The number of ether oxygens (including phenoxy) is 1. The van der Waals surface area contributed by atoms with E-state index in [1.165, 1.54) is 12.1 Å². The number of carbonyl (C=O) groups is 3. The first-order valence-electron chi connectivity index (χ1n) is 8.36. The molecule has 1 aromatic rings. The van der Waals surface area contributed by atoms with Gasteiger partial charge in [-0.25, -0.2) is 4.79 Å². The lowest BCUT2D eigenvalue weighted by Crippen LogP contribution is -2.49. The maximum atomic E-state index is 12.4. The minimum absolute atomic E-state index is 0.0938. The fourth-order valence-electron chi connectivity index (χ4n) is 2.43. The number of unbranched alkanes of at least 4 members (excludes halogenated alkanes) is 1. The summed E-state index contributed by atoms with van der Waals surface area (Å²) in [6, 6.07) is 5.37. The van der Waals surface area contributed by atoms with Gasteiger partial charge in [0.2, 0.25) is 5.91 Å². The Morgan fingerprint density at radius 2 is 1.85 bits per heavy atom. The van der Waals surface area contributed by atoms with Crippen molar-refractivity contribution >= 4 is 17.8 Å². The summed E-state index contributed by atoms with van der Waals surface area (Å²) in [5, 5.41) is 23.4. The van der Waals surface area contributed by atoms with Crippen molar-refractivity contribution in [2.45, 2.75) is 37.5 Å². The van der Waals surface area contributed by atoms with Crippen molar-refractivity contribution in [2.75, 3.05) is 13.1 Å². The second-order valence-electron chi connectivity index (χ2n) is 6.03. The van der Waals surface area contributed by atoms with E-state index in [0.29, 0.717) is 13.1 Å². The zero-order valence-corrected chi connectivity index (χ0v) is 14.2. The second-order valence-corrected chi connectivity index (χ2v) is 6.03. The molecule has 1 saturated heterocycles. The maximum Gasteiger partial charge on any atom is 0.336 e. The number of nitrogens with one attached hydrogen (secondary N) is 2. The summed E-state index contributed by atoms with van der Waals surface area (Å²) in [7, 11) is 0. The van der Waals surface area contributed by atoms with Gasteiger partial charge in [-0.05, 0) is 37.1 Å². The van der Waals surface area contributed by atoms with Crippen LogP contribution in [0.4, 0.5) is 0 Å². The number of carboxylic acid groups (broad SMARTS) is 1. The SMILES string of the molecule is NCCCCNC(=O)[C@H](Cc1ccc(O)cc1)NC(=O)[C@@H]1O[C@@H]1C(=O)O. The van der Waals surface area contributed by atoms with Crippen molar-refractivity contribution in [2.24, 2.45) is 5.73 Å². The number of amides is 2. The molecule has 1 aliphatic rings. The van der Waals surface area contributed by atoms with E-state index in [1.54, 1.807) is 12.1 Å². The Balaban J connectivity index is 1.98. The predicted molar refractivity (Wildman–Crippen MR) is 91.3 cm³/mol. The van der Waals surface area contributed by atoms with Gasteiger partial charge in [-0.2, -0.15) is 0 Å². The Morgan fingerprint density at radius 3 is 2.42 bits per heavy atom. The van der Waals surface area contributed by atoms with Crippen LogP contribution in [0, 0.1) is 0 Å². The average Bonchev–Trinajstić information content (AvgIpc) is 3.41. The molecule has 0 unspecified atom stereocenters. The van der Waals surface area contributed by atoms with Crippen molar-refractivity contribution in [3.63, 3.8) is 0 Å². The van der Waals surface area contributed by atoms with E-state index >= 15 is 0 Å². The standard InChI is InChI=1S/C17H23N3O6/c18-7-1-2-8-19-15(22)12(9-10-3-5-11(21)6-4-10)20-16(23)13-14(26-13)17(24)25/h3-6,12-14,21H,1-2,7-9,18H2,(H,19,22)(H,20,23)(H,24,25)/t12-,13+,14-/m0/s1. The van der Waals surface area contributed by atoms with Gasteiger partial charge in [-0.1, -0.05) is 12.1 Å². The van der Waals surface area contributed by atoms with Crippen molar-refractivity contribution in [3.05, 3.63) is 29.8 Å². The summed E-state index contributed by atoms with van der Waals surface area (Å²) in [4.78, 5) is 35.3. The van der Waals surface area contributed by atoms with Crippen LogP contribution in [0.1, 0.15) is 18.4 Å². The molecule has 0 aliphatic carbocycles. The number of hydrogen-bond donors (Lipinski definition) is 5. The van der Waals surface area contributed by atoms with Gasteiger partial charge in [0.25, 0.3) is 5.91 Å². The molecule has 0 radical (unpaired) electrons. The summed E-state index contributed by atoms with van der Waals surface area (Å²) in [5.74, 6) is -2.14. The number of hydrogen-bond acceptors (Lipinski definition) is 6. The number of nitrogens with two attached hydrogens (primary N) is 1. The van der Waals surface area contributed by atoms with Crippen LogP contribution in [0.3, 0.4) is 0 Å². The summed E-state index contributed by atoms with van der Waals surface area (Å²) in [5.41, 5.74) is 6.14. The Labute approximate surface area is 150 Å². The lowest BCUT2D eigenvalue weighted by Gasteiger charge is -2.18. The molecular formula is C17H23N3O6. The highest BCUT2D eigenvalue weighted by atomic mass is 16.6. The largest absolute Gasteiger partial charge is 0.508 e. The van der Waals surface area contributed by atoms with Crippen molar-refractivity contribution in [3.8, 4) is 5.75 Å². The second kappa shape index (κ2) is 9.16. The number of aliphatic carboxylic acids is 1. The van der Waals surface area contributed by atoms with Gasteiger partial charge in [0, 0.05) is 13.0 Å². The van der Waals surface area contributed by atoms with Gasteiger partial charge >= 0.3 is 5.97 Å². The summed E-state index contributed by atoms with van der Waals surface area (Å²) >= 11 is 0. The predicted octanol–water partition coefficient (Wildman–Crippen LogP) is -0.873. The van der Waals surface area contributed by atoms with Gasteiger partial charge in [0.15, 0.2) is 12.2 Å². The van der Waals surface area contributed by atoms with Crippen LogP contribution in [0.2, 0.25) is 0 Å². The number of rotatable bonds is 10. The number of epoxide rings is 1. The number of aromatic hydroxyl groups is 1.